The van der Waals surface area contributed by atoms with Gasteiger partial charge in [-0.2, -0.15) is 0 Å². The number of aromatic hydroxyl groups is 1. The van der Waals surface area contributed by atoms with Gasteiger partial charge >= 0.3 is 0 Å². The molecule has 0 saturated heterocycles. The van der Waals surface area contributed by atoms with Crippen LogP contribution >= 0.6 is 0 Å². The van der Waals surface area contributed by atoms with E-state index in [0.717, 1.165) is 22.4 Å². The van der Waals surface area contributed by atoms with Crippen molar-refractivity contribution in [3.8, 4) is 11.5 Å². The number of phenolic OH excluding ortho intramolecular Hbond substituents is 1. The zero-order chi connectivity index (χ0) is 24.0. The van der Waals surface area contributed by atoms with Gasteiger partial charge in [0.05, 0.1) is 0 Å². The van der Waals surface area contributed by atoms with Crippen LogP contribution in [0.1, 0.15) is 111 Å². The molecule has 0 aliphatic heterocycles. The maximum atomic E-state index is 11.0. The van der Waals surface area contributed by atoms with E-state index in [1.165, 1.54) is 11.1 Å². The Morgan fingerprint density at radius 3 is 1.45 bits per heavy atom. The van der Waals surface area contributed by atoms with Crippen LogP contribution in [0.3, 0.4) is 0 Å². The Bertz CT molecular complexity index is 888. The standard InChI is InChI=1S/C29H44O2/c1-26(2,3)20-13-14-24(21(17-20)27(4,5)6)31-18-19-15-22(28(7,8)9)25(30)23(16-19)29(10,11)12/h13-17,30H,18H2,1-12H3. The molecular weight excluding hydrogens is 380 g/mol. The van der Waals surface area contributed by atoms with Crippen LogP contribution in [0.4, 0.5) is 0 Å². The molecule has 0 spiro atoms. The van der Waals surface area contributed by atoms with E-state index in [9.17, 15) is 5.11 Å². The fourth-order valence-electron chi connectivity index (χ4n) is 3.79. The average Bonchev–Trinajstić information content (AvgIpc) is 2.57. The van der Waals surface area contributed by atoms with Crippen LogP contribution in [0.15, 0.2) is 30.3 Å². The fourth-order valence-corrected chi connectivity index (χ4v) is 3.79. The summed E-state index contributed by atoms with van der Waals surface area (Å²) in [6, 6.07) is 10.8. The Hall–Kier alpha value is -1.96. The summed E-state index contributed by atoms with van der Waals surface area (Å²) >= 11 is 0. The monoisotopic (exact) mass is 424 g/mol. The fraction of sp³-hybridized carbons (Fsp3) is 0.586. The van der Waals surface area contributed by atoms with E-state index in [2.05, 4.69) is 113 Å². The number of hydrogen-bond acceptors (Lipinski definition) is 2. The predicted octanol–water partition coefficient (Wildman–Crippen LogP) is 8.16. The highest BCUT2D eigenvalue weighted by atomic mass is 16.5. The third kappa shape index (κ3) is 6.05. The third-order valence-electron chi connectivity index (χ3n) is 5.83. The lowest BCUT2D eigenvalue weighted by molar-refractivity contribution is 0.296. The molecule has 0 aliphatic rings. The van der Waals surface area contributed by atoms with Gasteiger partial charge < -0.3 is 9.84 Å². The lowest BCUT2D eigenvalue weighted by atomic mass is 9.78. The first-order chi connectivity index (χ1) is 13.8. The van der Waals surface area contributed by atoms with Crippen LogP contribution in [-0.4, -0.2) is 5.11 Å². The Kier molecular flexibility index (Phi) is 6.68. The van der Waals surface area contributed by atoms with Crippen LogP contribution in [-0.2, 0) is 28.3 Å². The van der Waals surface area contributed by atoms with Crippen molar-refractivity contribution in [1.29, 1.82) is 0 Å². The summed E-state index contributed by atoms with van der Waals surface area (Å²) < 4.78 is 6.41. The van der Waals surface area contributed by atoms with Gasteiger partial charge in [-0.05, 0) is 67.7 Å². The lowest BCUT2D eigenvalue weighted by Gasteiger charge is -2.29. The van der Waals surface area contributed by atoms with E-state index in [1.807, 2.05) is 0 Å². The van der Waals surface area contributed by atoms with Gasteiger partial charge in [0.2, 0.25) is 0 Å². The van der Waals surface area contributed by atoms with Crippen LogP contribution in [0.25, 0.3) is 0 Å². The summed E-state index contributed by atoms with van der Waals surface area (Å²) in [6.07, 6.45) is 0. The van der Waals surface area contributed by atoms with Crippen LogP contribution in [0.2, 0.25) is 0 Å². The van der Waals surface area contributed by atoms with Gasteiger partial charge in [-0.15, -0.1) is 0 Å². The Labute approximate surface area is 191 Å². The molecule has 0 heterocycles. The van der Waals surface area contributed by atoms with E-state index < -0.39 is 0 Å². The minimum Gasteiger partial charge on any atom is -0.507 e. The van der Waals surface area contributed by atoms with Gasteiger partial charge in [0, 0.05) is 0 Å². The van der Waals surface area contributed by atoms with Crippen molar-refractivity contribution in [1.82, 2.24) is 0 Å². The first-order valence-corrected chi connectivity index (χ1v) is 11.5. The molecule has 2 rings (SSSR count). The van der Waals surface area contributed by atoms with E-state index in [-0.39, 0.29) is 21.7 Å². The molecule has 0 amide bonds. The second-order valence-corrected chi connectivity index (χ2v) is 13.0. The van der Waals surface area contributed by atoms with Crippen LogP contribution < -0.4 is 4.74 Å². The van der Waals surface area contributed by atoms with Gasteiger partial charge in [-0.25, -0.2) is 0 Å². The second-order valence-electron chi connectivity index (χ2n) is 13.0. The Morgan fingerprint density at radius 1 is 0.613 bits per heavy atom. The molecule has 0 unspecified atom stereocenters. The molecule has 0 aromatic heterocycles. The zero-order valence-corrected chi connectivity index (χ0v) is 21.9. The van der Waals surface area contributed by atoms with Gasteiger partial charge in [0.25, 0.3) is 0 Å². The lowest BCUT2D eigenvalue weighted by Crippen LogP contribution is -2.19. The summed E-state index contributed by atoms with van der Waals surface area (Å²) in [4.78, 5) is 0. The summed E-state index contributed by atoms with van der Waals surface area (Å²) in [7, 11) is 0. The van der Waals surface area contributed by atoms with Crippen molar-refractivity contribution in [3.63, 3.8) is 0 Å². The molecule has 0 saturated carbocycles. The highest BCUT2D eigenvalue weighted by molar-refractivity contribution is 5.50. The number of hydrogen-bond donors (Lipinski definition) is 1. The summed E-state index contributed by atoms with van der Waals surface area (Å²) in [5.41, 5.74) is 5.36. The van der Waals surface area contributed by atoms with Crippen molar-refractivity contribution in [2.75, 3.05) is 0 Å². The van der Waals surface area contributed by atoms with Crippen molar-refractivity contribution >= 4 is 0 Å². The molecule has 0 radical (unpaired) electrons. The molecule has 2 nitrogen and oxygen atoms in total. The van der Waals surface area contributed by atoms with Crippen LogP contribution in [0, 0.1) is 0 Å². The molecule has 1 N–H and O–H groups in total. The second kappa shape index (κ2) is 8.19. The largest absolute Gasteiger partial charge is 0.507 e. The van der Waals surface area contributed by atoms with Gasteiger partial charge in [0.1, 0.15) is 18.1 Å². The van der Waals surface area contributed by atoms with Gasteiger partial charge in [0.15, 0.2) is 0 Å². The molecule has 31 heavy (non-hydrogen) atoms. The van der Waals surface area contributed by atoms with E-state index in [4.69, 9.17) is 4.74 Å². The smallest absolute Gasteiger partial charge is 0.123 e. The van der Waals surface area contributed by atoms with Crippen molar-refractivity contribution in [2.45, 2.75) is 111 Å². The Balaban J connectivity index is 2.49. The molecule has 2 heteroatoms. The number of ether oxygens (including phenoxy) is 1. The van der Waals surface area contributed by atoms with Crippen molar-refractivity contribution < 1.29 is 9.84 Å². The van der Waals surface area contributed by atoms with Gasteiger partial charge in [-0.3, -0.25) is 0 Å². The molecule has 2 aromatic carbocycles. The van der Waals surface area contributed by atoms with Crippen LogP contribution in [0.5, 0.6) is 11.5 Å². The van der Waals surface area contributed by atoms with E-state index >= 15 is 0 Å². The minimum atomic E-state index is -0.148. The number of phenols is 1. The summed E-state index contributed by atoms with van der Waals surface area (Å²) in [5.74, 6) is 1.34. The van der Waals surface area contributed by atoms with Crippen molar-refractivity contribution in [3.05, 3.63) is 58.1 Å². The zero-order valence-electron chi connectivity index (χ0n) is 21.9. The topological polar surface area (TPSA) is 29.5 Å². The maximum absolute atomic E-state index is 11.0. The summed E-state index contributed by atoms with van der Waals surface area (Å²) in [5, 5.41) is 11.0. The molecule has 0 bridgehead atoms. The quantitative estimate of drug-likeness (QED) is 0.538. The normalized spacial score (nSPS) is 13.4. The molecule has 0 atom stereocenters. The molecule has 172 valence electrons. The highest BCUT2D eigenvalue weighted by Crippen LogP contribution is 2.40. The summed E-state index contributed by atoms with van der Waals surface area (Å²) in [6.45, 7) is 26.8. The SMILES string of the molecule is CC(C)(C)c1ccc(OCc2cc(C(C)(C)C)c(O)c(C(C)(C)C)c2)c(C(C)(C)C)c1. The van der Waals surface area contributed by atoms with E-state index in [0.29, 0.717) is 12.4 Å². The Morgan fingerprint density at radius 2 is 1.06 bits per heavy atom. The molecule has 2 aromatic rings. The number of rotatable bonds is 3. The first kappa shape index (κ1) is 25.3. The van der Waals surface area contributed by atoms with Gasteiger partial charge in [-0.1, -0.05) is 95.2 Å². The number of benzene rings is 2. The van der Waals surface area contributed by atoms with E-state index in [1.54, 1.807) is 0 Å². The average molecular weight is 425 g/mol. The predicted molar refractivity (Wildman–Crippen MR) is 134 cm³/mol. The molecule has 0 fully saturated rings. The molecular formula is C29H44O2. The third-order valence-corrected chi connectivity index (χ3v) is 5.83. The molecule has 0 aliphatic carbocycles. The minimum absolute atomic E-state index is 0.0152. The maximum Gasteiger partial charge on any atom is 0.123 e. The first-order valence-electron chi connectivity index (χ1n) is 11.5. The van der Waals surface area contributed by atoms with Crippen molar-refractivity contribution in [2.24, 2.45) is 0 Å². The highest BCUT2D eigenvalue weighted by Gasteiger charge is 2.27.